The van der Waals surface area contributed by atoms with Crippen molar-refractivity contribution in [3.8, 4) is 11.5 Å². The minimum Gasteiger partial charge on any atom is -0.490 e. The lowest BCUT2D eigenvalue weighted by Crippen LogP contribution is -2.12. The highest BCUT2D eigenvalue weighted by Crippen LogP contribution is 2.27. The van der Waals surface area contributed by atoms with Gasteiger partial charge in [-0.15, -0.1) is 0 Å². The van der Waals surface area contributed by atoms with E-state index in [1.807, 2.05) is 43.3 Å². The Morgan fingerprint density at radius 1 is 1.10 bits per heavy atom. The Balaban J connectivity index is 1.87. The quantitative estimate of drug-likeness (QED) is 0.757. The van der Waals surface area contributed by atoms with E-state index >= 15 is 0 Å². The van der Waals surface area contributed by atoms with Crippen LogP contribution in [0.5, 0.6) is 11.5 Å². The molecule has 0 saturated heterocycles. The summed E-state index contributed by atoms with van der Waals surface area (Å²) in [5.74, 6) is 1.55. The molecule has 5 heteroatoms. The second-order valence-corrected chi connectivity index (χ2v) is 5.97. The molecule has 2 aromatic rings. The van der Waals surface area contributed by atoms with Crippen LogP contribution in [0.15, 0.2) is 46.9 Å². The Morgan fingerprint density at radius 2 is 1.76 bits per heavy atom. The van der Waals surface area contributed by atoms with E-state index in [0.717, 1.165) is 21.5 Å². The van der Waals surface area contributed by atoms with Crippen LogP contribution in [0.2, 0.25) is 5.02 Å². The van der Waals surface area contributed by atoms with E-state index in [1.165, 1.54) is 0 Å². The first-order valence-electron chi connectivity index (χ1n) is 6.62. The highest BCUT2D eigenvalue weighted by molar-refractivity contribution is 9.10. The molecular weight excluding hydrogens is 354 g/mol. The molecule has 0 radical (unpaired) electrons. The van der Waals surface area contributed by atoms with Crippen molar-refractivity contribution in [1.29, 1.82) is 0 Å². The molecule has 0 fully saturated rings. The van der Waals surface area contributed by atoms with E-state index in [1.54, 1.807) is 6.07 Å². The molecule has 2 N–H and O–H groups in total. The van der Waals surface area contributed by atoms with E-state index < -0.39 is 0 Å². The first-order valence-corrected chi connectivity index (χ1v) is 7.79. The standard InChI is InChI=1S/C16H17BrClNO2/c1-11(19)15-10-13(18)4-7-16(15)21-9-8-20-14-5-2-12(17)3-6-14/h2-7,10-11H,8-9,19H2,1H3/t11-/m1/s1. The molecule has 0 spiro atoms. The molecule has 1 atom stereocenters. The van der Waals surface area contributed by atoms with Crippen LogP contribution in [0.3, 0.4) is 0 Å². The lowest BCUT2D eigenvalue weighted by molar-refractivity contribution is 0.215. The SMILES string of the molecule is C[C@@H](N)c1cc(Cl)ccc1OCCOc1ccc(Br)cc1. The Morgan fingerprint density at radius 3 is 2.43 bits per heavy atom. The molecule has 0 heterocycles. The summed E-state index contributed by atoms with van der Waals surface area (Å²) >= 11 is 9.36. The molecule has 0 aliphatic rings. The summed E-state index contributed by atoms with van der Waals surface area (Å²) in [6, 6.07) is 13.0. The summed E-state index contributed by atoms with van der Waals surface area (Å²) in [5, 5.41) is 0.653. The number of hydrogen-bond donors (Lipinski definition) is 1. The molecule has 3 nitrogen and oxygen atoms in total. The molecule has 112 valence electrons. The summed E-state index contributed by atoms with van der Waals surface area (Å²) in [5.41, 5.74) is 6.81. The number of halogens is 2. The first-order chi connectivity index (χ1) is 10.1. The van der Waals surface area contributed by atoms with E-state index in [-0.39, 0.29) is 6.04 Å². The van der Waals surface area contributed by atoms with Crippen molar-refractivity contribution >= 4 is 27.5 Å². The van der Waals surface area contributed by atoms with Crippen molar-refractivity contribution in [1.82, 2.24) is 0 Å². The summed E-state index contributed by atoms with van der Waals surface area (Å²) in [6.07, 6.45) is 0. The highest BCUT2D eigenvalue weighted by atomic mass is 79.9. The fourth-order valence-corrected chi connectivity index (χ4v) is 2.29. The topological polar surface area (TPSA) is 44.5 Å². The summed E-state index contributed by atoms with van der Waals surface area (Å²) in [7, 11) is 0. The molecule has 0 saturated carbocycles. The van der Waals surface area contributed by atoms with Crippen LogP contribution in [-0.4, -0.2) is 13.2 Å². The molecule has 0 aromatic heterocycles. The number of ether oxygens (including phenoxy) is 2. The molecule has 0 unspecified atom stereocenters. The first kappa shape index (κ1) is 16.1. The van der Waals surface area contributed by atoms with Gasteiger partial charge in [0.1, 0.15) is 24.7 Å². The minimum absolute atomic E-state index is 0.133. The van der Waals surface area contributed by atoms with Crippen LogP contribution in [-0.2, 0) is 0 Å². The maximum Gasteiger partial charge on any atom is 0.124 e. The van der Waals surface area contributed by atoms with Gasteiger partial charge in [-0.25, -0.2) is 0 Å². The largest absolute Gasteiger partial charge is 0.490 e. The van der Waals surface area contributed by atoms with Gasteiger partial charge in [-0.05, 0) is 49.4 Å². The van der Waals surface area contributed by atoms with Crippen LogP contribution in [0.1, 0.15) is 18.5 Å². The lowest BCUT2D eigenvalue weighted by Gasteiger charge is -2.14. The van der Waals surface area contributed by atoms with E-state index in [9.17, 15) is 0 Å². The van der Waals surface area contributed by atoms with Gasteiger partial charge in [-0.2, -0.15) is 0 Å². The maximum atomic E-state index is 5.98. The fourth-order valence-electron chi connectivity index (χ4n) is 1.85. The van der Waals surface area contributed by atoms with Crippen molar-refractivity contribution in [3.05, 3.63) is 57.5 Å². The fraction of sp³-hybridized carbons (Fsp3) is 0.250. The van der Waals surface area contributed by atoms with Gasteiger partial charge < -0.3 is 15.2 Å². The number of rotatable bonds is 6. The predicted molar refractivity (Wildman–Crippen MR) is 89.2 cm³/mol. The molecule has 2 rings (SSSR count). The van der Waals surface area contributed by atoms with Crippen molar-refractivity contribution in [2.24, 2.45) is 5.73 Å². The smallest absolute Gasteiger partial charge is 0.124 e. The Kier molecular flexibility index (Phi) is 5.91. The second kappa shape index (κ2) is 7.69. The van der Waals surface area contributed by atoms with Crippen molar-refractivity contribution in [2.45, 2.75) is 13.0 Å². The second-order valence-electron chi connectivity index (χ2n) is 4.62. The third kappa shape index (κ3) is 4.92. The molecule has 2 aromatic carbocycles. The van der Waals surface area contributed by atoms with Gasteiger partial charge in [0.2, 0.25) is 0 Å². The third-order valence-electron chi connectivity index (χ3n) is 2.89. The maximum absolute atomic E-state index is 5.98. The molecule has 0 bridgehead atoms. The molecular formula is C16H17BrClNO2. The number of benzene rings is 2. The monoisotopic (exact) mass is 369 g/mol. The van der Waals surface area contributed by atoms with E-state index in [2.05, 4.69) is 15.9 Å². The highest BCUT2D eigenvalue weighted by Gasteiger charge is 2.09. The summed E-state index contributed by atoms with van der Waals surface area (Å²) < 4.78 is 12.4. The average molecular weight is 371 g/mol. The number of hydrogen-bond acceptors (Lipinski definition) is 3. The van der Waals surface area contributed by atoms with Crippen LogP contribution in [0.25, 0.3) is 0 Å². The van der Waals surface area contributed by atoms with Crippen LogP contribution in [0, 0.1) is 0 Å². The van der Waals surface area contributed by atoms with Gasteiger partial charge in [0.25, 0.3) is 0 Å². The van der Waals surface area contributed by atoms with Gasteiger partial charge in [0.15, 0.2) is 0 Å². The Labute approximate surface area is 138 Å². The lowest BCUT2D eigenvalue weighted by atomic mass is 10.1. The molecule has 21 heavy (non-hydrogen) atoms. The molecule has 0 aliphatic heterocycles. The zero-order valence-electron chi connectivity index (χ0n) is 11.7. The molecule has 0 aliphatic carbocycles. The van der Waals surface area contributed by atoms with Gasteiger partial charge in [-0.3, -0.25) is 0 Å². The summed E-state index contributed by atoms with van der Waals surface area (Å²) in [4.78, 5) is 0. The van der Waals surface area contributed by atoms with Gasteiger partial charge >= 0.3 is 0 Å². The third-order valence-corrected chi connectivity index (χ3v) is 3.65. The Bertz CT molecular complexity index is 587. The van der Waals surface area contributed by atoms with E-state index in [4.69, 9.17) is 26.8 Å². The van der Waals surface area contributed by atoms with Crippen LogP contribution >= 0.6 is 27.5 Å². The van der Waals surface area contributed by atoms with Gasteiger partial charge in [0, 0.05) is 21.1 Å². The average Bonchev–Trinajstić information content (AvgIpc) is 2.46. The van der Waals surface area contributed by atoms with Crippen molar-refractivity contribution < 1.29 is 9.47 Å². The van der Waals surface area contributed by atoms with Crippen LogP contribution in [0.4, 0.5) is 0 Å². The van der Waals surface area contributed by atoms with Crippen molar-refractivity contribution in [3.63, 3.8) is 0 Å². The predicted octanol–water partition coefficient (Wildman–Crippen LogP) is 4.58. The normalized spacial score (nSPS) is 12.0. The Hall–Kier alpha value is -1.23. The zero-order chi connectivity index (χ0) is 15.2. The summed E-state index contributed by atoms with van der Waals surface area (Å²) in [6.45, 7) is 2.80. The molecule has 0 amide bonds. The van der Waals surface area contributed by atoms with Gasteiger partial charge in [0.05, 0.1) is 0 Å². The number of nitrogens with two attached hydrogens (primary N) is 1. The van der Waals surface area contributed by atoms with Gasteiger partial charge in [-0.1, -0.05) is 27.5 Å². The zero-order valence-corrected chi connectivity index (χ0v) is 14.0. The van der Waals surface area contributed by atoms with E-state index in [0.29, 0.717) is 18.2 Å². The van der Waals surface area contributed by atoms with Crippen LogP contribution < -0.4 is 15.2 Å². The van der Waals surface area contributed by atoms with Crippen molar-refractivity contribution in [2.75, 3.05) is 13.2 Å². The minimum atomic E-state index is -0.133.